The largest absolute Gasteiger partial charge is 0.439 e. The molecule has 0 unspecified atom stereocenters. The molecule has 1 atom stereocenters. The first-order valence-electron chi connectivity index (χ1n) is 7.34. The maximum atomic E-state index is 11.3. The zero-order valence-corrected chi connectivity index (χ0v) is 12.9. The van der Waals surface area contributed by atoms with Crippen molar-refractivity contribution in [1.29, 1.82) is 0 Å². The van der Waals surface area contributed by atoms with Gasteiger partial charge in [-0.25, -0.2) is 4.98 Å². The summed E-state index contributed by atoms with van der Waals surface area (Å²) in [6.07, 6.45) is 3.56. The molecule has 1 fully saturated rings. The summed E-state index contributed by atoms with van der Waals surface area (Å²) < 4.78 is 5.80. The number of hydrogen-bond acceptors (Lipinski definition) is 4. The second-order valence-corrected chi connectivity index (χ2v) is 6.04. The summed E-state index contributed by atoms with van der Waals surface area (Å²) in [5.41, 5.74) is 6.34. The highest BCUT2D eigenvalue weighted by atomic mass is 35.5. The molecule has 0 aliphatic carbocycles. The fraction of sp³-hybridized carbons (Fsp3) is 0.375. The molecule has 2 N–H and O–H groups in total. The Balaban J connectivity index is 1.66. The molecule has 2 aromatic rings. The summed E-state index contributed by atoms with van der Waals surface area (Å²) in [6, 6.07) is 7.44. The summed E-state index contributed by atoms with van der Waals surface area (Å²) in [4.78, 5) is 17.8. The number of nitrogens with two attached hydrogens (primary N) is 1. The predicted octanol–water partition coefficient (Wildman–Crippen LogP) is 2.69. The van der Waals surface area contributed by atoms with E-state index in [0.717, 1.165) is 30.7 Å². The number of carbonyl (C=O) groups excluding carboxylic acids is 1. The van der Waals surface area contributed by atoms with Gasteiger partial charge in [0.15, 0.2) is 5.76 Å². The zero-order chi connectivity index (χ0) is 15.5. The number of likely N-dealkylation sites (tertiary alicyclic amines) is 1. The number of piperidine rings is 1. The number of rotatable bonds is 4. The average Bonchev–Trinajstić information content (AvgIpc) is 2.96. The maximum absolute atomic E-state index is 11.3. The van der Waals surface area contributed by atoms with Crippen molar-refractivity contribution in [1.82, 2.24) is 9.88 Å². The third kappa shape index (κ3) is 3.48. The van der Waals surface area contributed by atoms with Crippen LogP contribution in [0.4, 0.5) is 0 Å². The SMILES string of the molecule is NC(=O)[C@H]1CCCN(Cc2ncc(-c3ccc(Cl)cc3)o2)C1. The summed E-state index contributed by atoms with van der Waals surface area (Å²) in [6.45, 7) is 2.20. The highest BCUT2D eigenvalue weighted by Crippen LogP contribution is 2.24. The first-order valence-corrected chi connectivity index (χ1v) is 7.72. The van der Waals surface area contributed by atoms with Gasteiger partial charge in [-0.15, -0.1) is 0 Å². The predicted molar refractivity (Wildman–Crippen MR) is 84.1 cm³/mol. The zero-order valence-electron chi connectivity index (χ0n) is 12.2. The normalized spacial score (nSPS) is 19.2. The first-order chi connectivity index (χ1) is 10.6. The van der Waals surface area contributed by atoms with Gasteiger partial charge in [-0.1, -0.05) is 11.6 Å². The van der Waals surface area contributed by atoms with Crippen molar-refractivity contribution in [2.75, 3.05) is 13.1 Å². The molecule has 1 aliphatic heterocycles. The summed E-state index contributed by atoms with van der Waals surface area (Å²) in [5.74, 6) is 1.07. The van der Waals surface area contributed by atoms with Crippen LogP contribution in [0.2, 0.25) is 5.02 Å². The molecule has 0 bridgehead atoms. The van der Waals surface area contributed by atoms with Crippen LogP contribution in [0.15, 0.2) is 34.9 Å². The van der Waals surface area contributed by atoms with E-state index in [0.29, 0.717) is 24.0 Å². The van der Waals surface area contributed by atoms with Crippen molar-refractivity contribution in [2.24, 2.45) is 11.7 Å². The van der Waals surface area contributed by atoms with E-state index in [4.69, 9.17) is 21.8 Å². The highest BCUT2D eigenvalue weighted by molar-refractivity contribution is 6.30. The van der Waals surface area contributed by atoms with Gasteiger partial charge >= 0.3 is 0 Å². The van der Waals surface area contributed by atoms with E-state index >= 15 is 0 Å². The molecule has 0 spiro atoms. The minimum absolute atomic E-state index is 0.0700. The molecule has 0 saturated carbocycles. The Hall–Kier alpha value is -1.85. The van der Waals surface area contributed by atoms with E-state index in [1.54, 1.807) is 6.20 Å². The Morgan fingerprint density at radius 3 is 2.91 bits per heavy atom. The van der Waals surface area contributed by atoms with Gasteiger partial charge in [0, 0.05) is 17.1 Å². The molecule has 116 valence electrons. The van der Waals surface area contributed by atoms with Crippen LogP contribution in [0.5, 0.6) is 0 Å². The van der Waals surface area contributed by atoms with Gasteiger partial charge in [-0.05, 0) is 43.7 Å². The Morgan fingerprint density at radius 1 is 1.41 bits per heavy atom. The van der Waals surface area contributed by atoms with Crippen molar-refractivity contribution >= 4 is 17.5 Å². The Bertz CT molecular complexity index is 654. The molecule has 2 heterocycles. The molecule has 6 heteroatoms. The van der Waals surface area contributed by atoms with Crippen LogP contribution in [0.25, 0.3) is 11.3 Å². The Kier molecular flexibility index (Phi) is 4.45. The minimum atomic E-state index is -0.223. The fourth-order valence-electron chi connectivity index (χ4n) is 2.75. The minimum Gasteiger partial charge on any atom is -0.439 e. The summed E-state index contributed by atoms with van der Waals surface area (Å²) in [7, 11) is 0. The molecule has 1 aliphatic rings. The van der Waals surface area contributed by atoms with Gasteiger partial charge in [0.05, 0.1) is 18.7 Å². The van der Waals surface area contributed by atoms with E-state index in [9.17, 15) is 4.79 Å². The molecular weight excluding hydrogens is 302 g/mol. The van der Waals surface area contributed by atoms with Crippen LogP contribution < -0.4 is 5.73 Å². The standard InChI is InChI=1S/C16H18ClN3O2/c17-13-5-3-11(4-6-13)14-8-19-15(22-14)10-20-7-1-2-12(9-20)16(18)21/h3-6,8,12H,1-2,7,9-10H2,(H2,18,21)/t12-/m0/s1. The van der Waals surface area contributed by atoms with E-state index in [1.807, 2.05) is 24.3 Å². The monoisotopic (exact) mass is 319 g/mol. The van der Waals surface area contributed by atoms with Gasteiger partial charge in [0.1, 0.15) is 0 Å². The van der Waals surface area contributed by atoms with Crippen molar-refractivity contribution in [3.05, 3.63) is 41.4 Å². The van der Waals surface area contributed by atoms with Crippen molar-refractivity contribution in [3.8, 4) is 11.3 Å². The number of oxazole rings is 1. The number of amides is 1. The molecule has 0 radical (unpaired) electrons. The topological polar surface area (TPSA) is 72.4 Å². The molecule has 22 heavy (non-hydrogen) atoms. The molecule has 5 nitrogen and oxygen atoms in total. The van der Waals surface area contributed by atoms with E-state index in [1.165, 1.54) is 0 Å². The molecule has 1 aromatic carbocycles. The number of aromatic nitrogens is 1. The number of hydrogen-bond donors (Lipinski definition) is 1. The van der Waals surface area contributed by atoms with Crippen molar-refractivity contribution < 1.29 is 9.21 Å². The van der Waals surface area contributed by atoms with Crippen molar-refractivity contribution in [3.63, 3.8) is 0 Å². The third-order valence-corrected chi connectivity index (χ3v) is 4.20. The summed E-state index contributed by atoms with van der Waals surface area (Å²) >= 11 is 5.88. The van der Waals surface area contributed by atoms with Crippen molar-refractivity contribution in [2.45, 2.75) is 19.4 Å². The average molecular weight is 320 g/mol. The van der Waals surface area contributed by atoms with E-state index < -0.39 is 0 Å². The van der Waals surface area contributed by atoms with Crippen LogP contribution in [-0.2, 0) is 11.3 Å². The van der Waals surface area contributed by atoms with Crippen LogP contribution in [0, 0.1) is 5.92 Å². The molecule has 1 amide bonds. The number of halogens is 1. The number of primary amides is 1. The van der Waals surface area contributed by atoms with E-state index in [2.05, 4.69) is 9.88 Å². The lowest BCUT2D eigenvalue weighted by Crippen LogP contribution is -2.40. The fourth-order valence-corrected chi connectivity index (χ4v) is 2.88. The van der Waals surface area contributed by atoms with Gasteiger partial charge in [0.25, 0.3) is 0 Å². The lowest BCUT2D eigenvalue weighted by atomic mass is 9.97. The van der Waals surface area contributed by atoms with Gasteiger partial charge < -0.3 is 10.2 Å². The molecule has 3 rings (SSSR count). The Labute approximate surface area is 134 Å². The maximum Gasteiger partial charge on any atom is 0.221 e. The van der Waals surface area contributed by atoms with Gasteiger partial charge in [-0.2, -0.15) is 0 Å². The number of carbonyl (C=O) groups is 1. The second kappa shape index (κ2) is 6.50. The van der Waals surface area contributed by atoms with Gasteiger partial charge in [-0.3, -0.25) is 9.69 Å². The van der Waals surface area contributed by atoms with Crippen LogP contribution in [0.3, 0.4) is 0 Å². The second-order valence-electron chi connectivity index (χ2n) is 5.60. The number of benzene rings is 1. The number of nitrogens with zero attached hydrogens (tertiary/aromatic N) is 2. The first kappa shape index (κ1) is 15.1. The smallest absolute Gasteiger partial charge is 0.221 e. The molecule has 1 aromatic heterocycles. The summed E-state index contributed by atoms with van der Waals surface area (Å²) in [5, 5.41) is 0.689. The van der Waals surface area contributed by atoms with Gasteiger partial charge in [0.2, 0.25) is 11.8 Å². The highest BCUT2D eigenvalue weighted by Gasteiger charge is 2.24. The quantitative estimate of drug-likeness (QED) is 0.940. The lowest BCUT2D eigenvalue weighted by Gasteiger charge is -2.29. The molecular formula is C16H18ClN3O2. The molecule has 1 saturated heterocycles. The van der Waals surface area contributed by atoms with Crippen LogP contribution in [0.1, 0.15) is 18.7 Å². The van der Waals surface area contributed by atoms with Crippen LogP contribution >= 0.6 is 11.6 Å². The lowest BCUT2D eigenvalue weighted by molar-refractivity contribution is -0.123. The van der Waals surface area contributed by atoms with E-state index in [-0.39, 0.29) is 11.8 Å². The third-order valence-electron chi connectivity index (χ3n) is 3.95. The Morgan fingerprint density at radius 2 is 2.18 bits per heavy atom. The van der Waals surface area contributed by atoms with Crippen LogP contribution in [-0.4, -0.2) is 28.9 Å².